The molecule has 0 aromatic heterocycles. The predicted molar refractivity (Wildman–Crippen MR) is 84.3 cm³/mol. The van der Waals surface area contributed by atoms with Crippen molar-refractivity contribution in [3.8, 4) is 5.75 Å². The Hall–Kier alpha value is -0.770. The monoisotopic (exact) mass is 309 g/mol. The van der Waals surface area contributed by atoms with Gasteiger partial charge in [-0.2, -0.15) is 0 Å². The standard InChI is InChI=1S/C17H24ClNO2/c1-17-7-5-3-4-6-11(16(17)19-20)8-13-14(17)9-12(21-2)10-15(13)18/h9-11,16,19-20H,3-8H2,1-2H3. The van der Waals surface area contributed by atoms with E-state index in [0.29, 0.717) is 5.92 Å². The van der Waals surface area contributed by atoms with Crippen molar-refractivity contribution in [2.45, 2.75) is 56.9 Å². The molecule has 0 amide bonds. The molecule has 3 atom stereocenters. The summed E-state index contributed by atoms with van der Waals surface area (Å²) in [4.78, 5) is 0. The number of hydroxylamine groups is 1. The lowest BCUT2D eigenvalue weighted by atomic mass is 9.60. The van der Waals surface area contributed by atoms with E-state index in [1.54, 1.807) is 7.11 Å². The Morgan fingerprint density at radius 3 is 2.86 bits per heavy atom. The molecule has 116 valence electrons. The summed E-state index contributed by atoms with van der Waals surface area (Å²) in [7, 11) is 1.67. The number of hydrogen-bond donors (Lipinski definition) is 2. The summed E-state index contributed by atoms with van der Waals surface area (Å²) in [6, 6.07) is 4.12. The summed E-state index contributed by atoms with van der Waals surface area (Å²) >= 11 is 6.52. The van der Waals surface area contributed by atoms with Gasteiger partial charge in [0.15, 0.2) is 0 Å². The minimum Gasteiger partial charge on any atom is -0.497 e. The molecule has 0 spiro atoms. The second-order valence-electron chi connectivity index (χ2n) is 6.72. The lowest BCUT2D eigenvalue weighted by molar-refractivity contribution is 0.0352. The number of methoxy groups -OCH3 is 1. The lowest BCUT2D eigenvalue weighted by Gasteiger charge is -2.48. The van der Waals surface area contributed by atoms with Gasteiger partial charge in [-0.3, -0.25) is 0 Å². The molecule has 1 saturated carbocycles. The predicted octanol–water partition coefficient (Wildman–Crippen LogP) is 4.09. The fourth-order valence-electron chi connectivity index (χ4n) is 4.40. The Bertz CT molecular complexity index is 534. The largest absolute Gasteiger partial charge is 0.497 e. The number of ether oxygens (including phenoxy) is 1. The van der Waals surface area contributed by atoms with Crippen LogP contribution >= 0.6 is 11.6 Å². The van der Waals surface area contributed by atoms with Crippen molar-refractivity contribution in [1.82, 2.24) is 5.48 Å². The van der Waals surface area contributed by atoms with Gasteiger partial charge in [0.1, 0.15) is 5.75 Å². The Morgan fingerprint density at radius 2 is 2.14 bits per heavy atom. The van der Waals surface area contributed by atoms with E-state index in [1.807, 2.05) is 6.07 Å². The van der Waals surface area contributed by atoms with Crippen LogP contribution in [0.5, 0.6) is 5.75 Å². The molecule has 0 aliphatic heterocycles. The minimum absolute atomic E-state index is 0.0912. The molecule has 2 aliphatic carbocycles. The van der Waals surface area contributed by atoms with Crippen LogP contribution in [0, 0.1) is 5.92 Å². The van der Waals surface area contributed by atoms with Crippen LogP contribution in [0.3, 0.4) is 0 Å². The van der Waals surface area contributed by atoms with E-state index in [0.717, 1.165) is 30.0 Å². The van der Waals surface area contributed by atoms with Crippen molar-refractivity contribution in [3.05, 3.63) is 28.3 Å². The molecular formula is C17H24ClNO2. The summed E-state index contributed by atoms with van der Waals surface area (Å²) in [5.41, 5.74) is 5.03. The van der Waals surface area contributed by atoms with Crippen molar-refractivity contribution in [2.24, 2.45) is 5.92 Å². The third-order valence-electron chi connectivity index (χ3n) is 5.55. The normalized spacial score (nSPS) is 32.0. The summed E-state index contributed by atoms with van der Waals surface area (Å²) in [6.45, 7) is 2.26. The molecule has 2 bridgehead atoms. The van der Waals surface area contributed by atoms with Gasteiger partial charge in [-0.15, -0.1) is 0 Å². The molecule has 0 heterocycles. The van der Waals surface area contributed by atoms with Gasteiger partial charge in [0.05, 0.1) is 7.11 Å². The van der Waals surface area contributed by atoms with E-state index in [4.69, 9.17) is 16.3 Å². The number of fused-ring (bicyclic) bond motifs is 4. The topological polar surface area (TPSA) is 41.5 Å². The van der Waals surface area contributed by atoms with E-state index >= 15 is 0 Å². The molecule has 1 fully saturated rings. The molecule has 0 radical (unpaired) electrons. The molecule has 3 rings (SSSR count). The van der Waals surface area contributed by atoms with Crippen molar-refractivity contribution in [1.29, 1.82) is 0 Å². The van der Waals surface area contributed by atoms with E-state index in [9.17, 15) is 5.21 Å². The number of nitrogens with one attached hydrogen (secondary N) is 1. The van der Waals surface area contributed by atoms with Crippen molar-refractivity contribution >= 4 is 11.6 Å². The average Bonchev–Trinajstić information content (AvgIpc) is 2.46. The van der Waals surface area contributed by atoms with Crippen LogP contribution in [0.25, 0.3) is 0 Å². The molecule has 2 aliphatic rings. The third kappa shape index (κ3) is 2.45. The Balaban J connectivity index is 2.16. The third-order valence-corrected chi connectivity index (χ3v) is 5.89. The second kappa shape index (κ2) is 5.79. The molecule has 3 nitrogen and oxygen atoms in total. The van der Waals surface area contributed by atoms with Crippen LogP contribution in [0.4, 0.5) is 0 Å². The SMILES string of the molecule is COc1cc(Cl)c2c(c1)C1(C)CCCCCC(C2)C1NO. The van der Waals surface area contributed by atoms with Crippen LogP contribution in [0.1, 0.15) is 50.2 Å². The van der Waals surface area contributed by atoms with Crippen LogP contribution in [0.15, 0.2) is 12.1 Å². The molecular weight excluding hydrogens is 286 g/mol. The smallest absolute Gasteiger partial charge is 0.120 e. The van der Waals surface area contributed by atoms with Gasteiger partial charge in [-0.1, -0.05) is 37.8 Å². The van der Waals surface area contributed by atoms with E-state index < -0.39 is 0 Å². The van der Waals surface area contributed by atoms with Crippen LogP contribution in [0.2, 0.25) is 5.02 Å². The Kier molecular flexibility index (Phi) is 4.17. The molecule has 3 unspecified atom stereocenters. The fourth-order valence-corrected chi connectivity index (χ4v) is 4.68. The highest BCUT2D eigenvalue weighted by Gasteiger charge is 2.46. The second-order valence-corrected chi connectivity index (χ2v) is 7.13. The molecule has 0 saturated heterocycles. The number of hydrogen-bond acceptors (Lipinski definition) is 3. The highest BCUT2D eigenvalue weighted by atomic mass is 35.5. The van der Waals surface area contributed by atoms with Crippen molar-refractivity contribution in [2.75, 3.05) is 7.11 Å². The molecule has 1 aromatic rings. The van der Waals surface area contributed by atoms with Crippen molar-refractivity contribution in [3.63, 3.8) is 0 Å². The van der Waals surface area contributed by atoms with Gasteiger partial charge < -0.3 is 9.94 Å². The van der Waals surface area contributed by atoms with Crippen LogP contribution in [-0.4, -0.2) is 18.4 Å². The minimum atomic E-state index is -0.0917. The Morgan fingerprint density at radius 1 is 1.33 bits per heavy atom. The van der Waals surface area contributed by atoms with Crippen LogP contribution < -0.4 is 10.2 Å². The first-order valence-electron chi connectivity index (χ1n) is 7.86. The number of rotatable bonds is 2. The van der Waals surface area contributed by atoms with Gasteiger partial charge in [-0.25, -0.2) is 5.48 Å². The fraction of sp³-hybridized carbons (Fsp3) is 0.647. The van der Waals surface area contributed by atoms with Crippen LogP contribution in [-0.2, 0) is 11.8 Å². The summed E-state index contributed by atoms with van der Waals surface area (Å²) in [5.74, 6) is 1.25. The van der Waals surface area contributed by atoms with E-state index in [-0.39, 0.29) is 11.5 Å². The highest BCUT2D eigenvalue weighted by Crippen LogP contribution is 2.49. The lowest BCUT2D eigenvalue weighted by Crippen LogP contribution is -2.54. The van der Waals surface area contributed by atoms with E-state index in [2.05, 4.69) is 18.5 Å². The first-order valence-corrected chi connectivity index (χ1v) is 8.24. The zero-order valence-corrected chi connectivity index (χ0v) is 13.5. The Labute approximate surface area is 131 Å². The summed E-state index contributed by atoms with van der Waals surface area (Å²) < 4.78 is 5.40. The van der Waals surface area contributed by atoms with Gasteiger partial charge in [0, 0.05) is 16.5 Å². The average molecular weight is 310 g/mol. The molecule has 1 aromatic carbocycles. The highest BCUT2D eigenvalue weighted by molar-refractivity contribution is 6.31. The molecule has 4 heteroatoms. The van der Waals surface area contributed by atoms with Gasteiger partial charge in [0.2, 0.25) is 0 Å². The quantitative estimate of drug-likeness (QED) is 0.809. The number of halogens is 1. The van der Waals surface area contributed by atoms with Crippen molar-refractivity contribution < 1.29 is 9.94 Å². The zero-order chi connectivity index (χ0) is 15.0. The first-order chi connectivity index (χ1) is 10.1. The van der Waals surface area contributed by atoms with E-state index in [1.165, 1.54) is 30.4 Å². The summed E-state index contributed by atoms with van der Waals surface area (Å²) in [6.07, 6.45) is 6.86. The first kappa shape index (κ1) is 15.1. The maximum Gasteiger partial charge on any atom is 0.120 e. The van der Waals surface area contributed by atoms with Gasteiger partial charge in [0.25, 0.3) is 0 Å². The maximum absolute atomic E-state index is 9.79. The maximum atomic E-state index is 9.79. The zero-order valence-electron chi connectivity index (χ0n) is 12.8. The van der Waals surface area contributed by atoms with Gasteiger partial charge >= 0.3 is 0 Å². The summed E-state index contributed by atoms with van der Waals surface area (Å²) in [5, 5.41) is 10.6. The molecule has 2 N–H and O–H groups in total. The molecule has 21 heavy (non-hydrogen) atoms. The number of benzene rings is 1. The van der Waals surface area contributed by atoms with Gasteiger partial charge in [-0.05, 0) is 48.4 Å².